The van der Waals surface area contributed by atoms with E-state index in [-0.39, 0.29) is 23.7 Å². The first-order valence-corrected chi connectivity index (χ1v) is 23.1. The van der Waals surface area contributed by atoms with Crippen molar-refractivity contribution in [3.8, 4) is 5.75 Å². The van der Waals surface area contributed by atoms with Crippen molar-refractivity contribution in [3.05, 3.63) is 119 Å². The number of phenolic OH excluding ortho intramolecular Hbond substituents is 1. The van der Waals surface area contributed by atoms with Gasteiger partial charge in [0.05, 0.1) is 17.1 Å². The van der Waals surface area contributed by atoms with E-state index in [9.17, 15) is 14.7 Å². The molecule has 5 aromatic rings. The van der Waals surface area contributed by atoms with Gasteiger partial charge in [-0.2, -0.15) is 5.10 Å². The minimum Gasteiger partial charge on any atom is -0.508 e. The number of benzene rings is 4. The number of nitrogens with one attached hydrogen (secondary N) is 1. The van der Waals surface area contributed by atoms with Crippen LogP contribution in [-0.2, 0) is 23.1 Å². The summed E-state index contributed by atoms with van der Waals surface area (Å²) in [5.41, 5.74) is 9.74. The molecule has 3 saturated heterocycles. The Morgan fingerprint density at radius 2 is 1.33 bits per heavy atom. The van der Waals surface area contributed by atoms with Gasteiger partial charge in [0.15, 0.2) is 0 Å². The van der Waals surface area contributed by atoms with Crippen LogP contribution in [0.15, 0.2) is 91.0 Å². The van der Waals surface area contributed by atoms with Crippen LogP contribution in [-0.4, -0.2) is 102 Å². The number of fused-ring (bicyclic) bond motifs is 2. The maximum absolute atomic E-state index is 12.6. The van der Waals surface area contributed by atoms with Crippen LogP contribution < -0.4 is 15.1 Å². The molecule has 2 aliphatic carbocycles. The molecule has 2 amide bonds. The van der Waals surface area contributed by atoms with Crippen LogP contribution in [0.3, 0.4) is 0 Å². The number of hydrogen-bond donors (Lipinski definition) is 2. The second kappa shape index (κ2) is 17.3. The van der Waals surface area contributed by atoms with Gasteiger partial charge in [-0.3, -0.25) is 29.4 Å². The number of anilines is 2. The third kappa shape index (κ3) is 8.29. The van der Waals surface area contributed by atoms with E-state index in [0.29, 0.717) is 24.5 Å². The summed E-state index contributed by atoms with van der Waals surface area (Å²) in [5, 5.41) is 18.5. The monoisotopic (exact) mass is 819 g/mol. The lowest BCUT2D eigenvalue weighted by Crippen LogP contribution is -2.51. The van der Waals surface area contributed by atoms with Crippen LogP contribution in [0.5, 0.6) is 5.75 Å². The Hall–Kier alpha value is -5.19. The van der Waals surface area contributed by atoms with Gasteiger partial charge in [0.25, 0.3) is 0 Å². The number of aryl methyl sites for hydroxylation is 2. The second-order valence-electron chi connectivity index (χ2n) is 18.6. The summed E-state index contributed by atoms with van der Waals surface area (Å²) >= 11 is 0. The molecule has 0 bridgehead atoms. The van der Waals surface area contributed by atoms with Crippen molar-refractivity contribution in [3.63, 3.8) is 0 Å². The fourth-order valence-corrected chi connectivity index (χ4v) is 11.7. The fourth-order valence-electron chi connectivity index (χ4n) is 11.7. The molecule has 0 spiro atoms. The lowest BCUT2D eigenvalue weighted by atomic mass is 9.69. The molecule has 10 rings (SSSR count). The Balaban J connectivity index is 0.728. The molecule has 10 nitrogen and oxygen atoms in total. The number of aromatic nitrogens is 2. The third-order valence-corrected chi connectivity index (χ3v) is 15.0. The number of hydrogen-bond acceptors (Lipinski definition) is 8. The second-order valence-corrected chi connectivity index (χ2v) is 18.6. The molecule has 1 aromatic heterocycles. The number of amides is 2. The molecule has 318 valence electrons. The summed E-state index contributed by atoms with van der Waals surface area (Å²) in [6, 6.07) is 33.0. The number of aromatic hydroxyl groups is 1. The molecule has 4 aromatic carbocycles. The summed E-state index contributed by atoms with van der Waals surface area (Å²) in [5.74, 6) is 1.76. The van der Waals surface area contributed by atoms with Gasteiger partial charge >= 0.3 is 0 Å². The third-order valence-electron chi connectivity index (χ3n) is 15.0. The van der Waals surface area contributed by atoms with E-state index >= 15 is 0 Å². The molecular weight excluding hydrogens is 759 g/mol. The zero-order valence-electron chi connectivity index (χ0n) is 35.7. The Morgan fingerprint density at radius 3 is 2.00 bits per heavy atom. The highest BCUT2D eigenvalue weighted by Crippen LogP contribution is 2.47. The largest absolute Gasteiger partial charge is 0.508 e. The smallest absolute Gasteiger partial charge is 0.235 e. The van der Waals surface area contributed by atoms with Crippen molar-refractivity contribution in [1.82, 2.24) is 24.9 Å². The van der Waals surface area contributed by atoms with Crippen LogP contribution in [0.1, 0.15) is 90.6 Å². The van der Waals surface area contributed by atoms with E-state index in [0.717, 1.165) is 93.6 Å². The molecule has 3 aliphatic heterocycles. The number of piperazine rings is 2. The first-order chi connectivity index (χ1) is 29.8. The maximum atomic E-state index is 12.6. The average molecular weight is 820 g/mol. The molecule has 61 heavy (non-hydrogen) atoms. The predicted molar refractivity (Wildman–Crippen MR) is 242 cm³/mol. The number of imide groups is 1. The summed E-state index contributed by atoms with van der Waals surface area (Å²) in [6.07, 6.45) is 8.36. The molecule has 1 saturated carbocycles. The molecule has 1 unspecified atom stereocenters. The molecule has 5 aliphatic rings. The number of carbonyl (C=O) groups is 2. The number of phenols is 1. The van der Waals surface area contributed by atoms with E-state index in [4.69, 9.17) is 5.10 Å². The van der Waals surface area contributed by atoms with Gasteiger partial charge in [0.1, 0.15) is 5.75 Å². The van der Waals surface area contributed by atoms with Crippen molar-refractivity contribution in [1.29, 1.82) is 0 Å². The van der Waals surface area contributed by atoms with Gasteiger partial charge in [-0.25, -0.2) is 0 Å². The zero-order valence-corrected chi connectivity index (χ0v) is 35.7. The average Bonchev–Trinajstić information content (AvgIpc) is 3.62. The van der Waals surface area contributed by atoms with Crippen molar-refractivity contribution >= 4 is 34.1 Å². The number of rotatable bonds is 9. The molecule has 5 atom stereocenters. The van der Waals surface area contributed by atoms with Crippen LogP contribution in [0.4, 0.5) is 11.4 Å². The minimum absolute atomic E-state index is 0.196. The quantitative estimate of drug-likeness (QED) is 0.149. The Bertz CT molecular complexity index is 2350. The van der Waals surface area contributed by atoms with Crippen molar-refractivity contribution < 1.29 is 14.7 Å². The molecule has 10 heteroatoms. The van der Waals surface area contributed by atoms with Crippen LogP contribution in [0.25, 0.3) is 10.9 Å². The number of piperidine rings is 1. The van der Waals surface area contributed by atoms with E-state index in [1.54, 1.807) is 0 Å². The first kappa shape index (κ1) is 39.9. The highest BCUT2D eigenvalue weighted by molar-refractivity contribution is 6.02. The summed E-state index contributed by atoms with van der Waals surface area (Å²) in [6.45, 7) is 11.0. The fraction of sp³-hybridized carbons (Fsp3) is 0.471. The summed E-state index contributed by atoms with van der Waals surface area (Å²) < 4.78 is 1.89. The summed E-state index contributed by atoms with van der Waals surface area (Å²) in [4.78, 5) is 35.0. The predicted octanol–water partition coefficient (Wildman–Crippen LogP) is 7.41. The molecule has 2 N–H and O–H groups in total. The van der Waals surface area contributed by atoms with Gasteiger partial charge in [-0.1, -0.05) is 61.4 Å². The lowest BCUT2D eigenvalue weighted by molar-refractivity contribution is -0.134. The van der Waals surface area contributed by atoms with Crippen molar-refractivity contribution in [2.45, 2.75) is 69.1 Å². The van der Waals surface area contributed by atoms with Crippen LogP contribution >= 0.6 is 0 Å². The number of nitrogens with zero attached hydrogens (tertiary/aromatic N) is 6. The van der Waals surface area contributed by atoms with E-state index < -0.39 is 0 Å². The Labute approximate surface area is 360 Å². The van der Waals surface area contributed by atoms with Crippen LogP contribution in [0.2, 0.25) is 0 Å². The molecule has 4 heterocycles. The van der Waals surface area contributed by atoms with Gasteiger partial charge in [0, 0.05) is 102 Å². The Morgan fingerprint density at radius 1 is 0.672 bits per heavy atom. The van der Waals surface area contributed by atoms with Gasteiger partial charge < -0.3 is 14.9 Å². The normalized spacial score (nSPS) is 25.4. The standard InChI is InChI=1S/C51H61N7O3/c1-54-47-32-41(16-19-45(47)50(53-54)46-21-22-48(60)52-51(46)61)58-29-25-56(26-30-58)34-39-10-6-5-9-38(39)33-55-23-27-57(28-24-55)40-14-11-36(12-15-40)49-43(35-7-3-2-4-8-35)18-13-37-31-42(59)17-20-44(37)49/h2-4,7-8,11-12,14-17,19-20,31-32,38-39,43,46,49,59H,5-6,9-10,13,18,21-30,33-34H2,1H3,(H,52,60,61)/t38-,39-,43+,46?,49-/m0/s1. The molecule has 0 radical (unpaired) electrons. The zero-order chi connectivity index (χ0) is 41.5. The van der Waals surface area contributed by atoms with Gasteiger partial charge in [-0.15, -0.1) is 0 Å². The lowest BCUT2D eigenvalue weighted by Gasteiger charge is -2.43. The maximum Gasteiger partial charge on any atom is 0.235 e. The van der Waals surface area contributed by atoms with Crippen molar-refractivity contribution in [2.24, 2.45) is 18.9 Å². The summed E-state index contributed by atoms with van der Waals surface area (Å²) in [7, 11) is 1.95. The minimum atomic E-state index is -0.383. The molecule has 4 fully saturated rings. The van der Waals surface area contributed by atoms with Crippen molar-refractivity contribution in [2.75, 3.05) is 75.2 Å². The van der Waals surface area contributed by atoms with Gasteiger partial charge in [0.2, 0.25) is 11.8 Å². The first-order valence-electron chi connectivity index (χ1n) is 23.1. The topological polar surface area (TPSA) is 97.2 Å². The number of carbonyl (C=O) groups excluding carboxylic acids is 2. The Kier molecular flexibility index (Phi) is 11.3. The van der Waals surface area contributed by atoms with Crippen LogP contribution in [0, 0.1) is 11.8 Å². The SMILES string of the molecule is Cn1nc(C2CCC(=O)NC2=O)c2ccc(N3CCN(C[C@@H]4CCCC[C@H]4CN4CCN(c5ccc([C@@H]6c7ccc(O)cc7CC[C@@H]6c6ccccc6)cc5)CC4)CC3)cc21. The highest BCUT2D eigenvalue weighted by atomic mass is 16.3. The molecular formula is C51H61N7O3. The van der Waals surface area contributed by atoms with E-state index in [2.05, 4.69) is 104 Å². The van der Waals surface area contributed by atoms with E-state index in [1.807, 2.05) is 23.9 Å². The van der Waals surface area contributed by atoms with E-state index in [1.165, 1.54) is 72.4 Å². The van der Waals surface area contributed by atoms with Gasteiger partial charge in [-0.05, 0) is 115 Å². The highest BCUT2D eigenvalue weighted by Gasteiger charge is 2.35.